The summed E-state index contributed by atoms with van der Waals surface area (Å²) in [4.78, 5) is 9.61. The van der Waals surface area contributed by atoms with Gasteiger partial charge < -0.3 is 5.43 Å². The summed E-state index contributed by atoms with van der Waals surface area (Å²) in [6.07, 6.45) is 0.665. The lowest BCUT2D eigenvalue weighted by Crippen LogP contribution is -2.37. The van der Waals surface area contributed by atoms with Crippen molar-refractivity contribution in [2.75, 3.05) is 0 Å². The maximum absolute atomic E-state index is 10.0. The van der Waals surface area contributed by atoms with E-state index in [2.05, 4.69) is 26.8 Å². The van der Waals surface area contributed by atoms with Gasteiger partial charge in [0.05, 0.1) is 0 Å². The van der Waals surface area contributed by atoms with Crippen molar-refractivity contribution in [3.05, 3.63) is 20.8 Å². The van der Waals surface area contributed by atoms with Crippen LogP contribution in [0.3, 0.4) is 0 Å². The minimum Gasteiger partial charge on any atom is -0.322 e. The minimum atomic E-state index is -0.829. The first-order valence-corrected chi connectivity index (χ1v) is 3.01. The van der Waals surface area contributed by atoms with Crippen molar-refractivity contribution in [3.8, 4) is 0 Å². The van der Waals surface area contributed by atoms with Gasteiger partial charge in [0.15, 0.2) is 0 Å². The third kappa shape index (κ3) is 1.19. The van der Waals surface area contributed by atoms with Gasteiger partial charge in [-0.3, -0.25) is 10.1 Å². The second kappa shape index (κ2) is 2.32. The van der Waals surface area contributed by atoms with Gasteiger partial charge in [0, 0.05) is 11.1 Å². The van der Waals surface area contributed by atoms with Crippen molar-refractivity contribution in [3.63, 3.8) is 0 Å². The molecule has 0 fully saturated rings. The normalized spacial score (nSPS) is 25.0. The van der Waals surface area contributed by atoms with Gasteiger partial charge in [0.1, 0.15) is 4.48 Å². The van der Waals surface area contributed by atoms with Gasteiger partial charge in [0.25, 0.3) is 0 Å². The molecule has 2 N–H and O–H groups in total. The van der Waals surface area contributed by atoms with Crippen LogP contribution >= 0.6 is 15.9 Å². The fourth-order valence-electron chi connectivity index (χ4n) is 0.491. The first-order valence-electron chi connectivity index (χ1n) is 2.22. The smallest absolute Gasteiger partial charge is 0.315 e. The minimum absolute atomic E-state index is 0.430. The van der Waals surface area contributed by atoms with Crippen molar-refractivity contribution < 1.29 is 4.92 Å². The molecule has 0 aliphatic carbocycles. The van der Waals surface area contributed by atoms with Gasteiger partial charge in [0.2, 0.25) is 0 Å². The van der Waals surface area contributed by atoms with Crippen LogP contribution in [-0.4, -0.2) is 11.1 Å². The SMILES string of the molecule is O=[N+]([O-])C1NNC=C1Br. The number of nitrogens with one attached hydrogen (secondary N) is 2. The number of nitrogens with zero attached hydrogens (tertiary/aromatic N) is 1. The highest BCUT2D eigenvalue weighted by Gasteiger charge is 2.26. The molecule has 1 rings (SSSR count). The van der Waals surface area contributed by atoms with Crippen LogP contribution in [-0.2, 0) is 0 Å². The Balaban J connectivity index is 2.63. The topological polar surface area (TPSA) is 67.2 Å². The third-order valence-electron chi connectivity index (χ3n) is 0.902. The van der Waals surface area contributed by atoms with E-state index in [1.54, 1.807) is 0 Å². The summed E-state index contributed by atoms with van der Waals surface area (Å²) in [6.45, 7) is 0. The molecule has 0 saturated carbocycles. The predicted molar refractivity (Wildman–Crippen MR) is 34.1 cm³/mol. The molecule has 0 saturated heterocycles. The van der Waals surface area contributed by atoms with Crippen molar-refractivity contribution >= 4 is 15.9 Å². The molecule has 1 aliphatic rings. The van der Waals surface area contributed by atoms with Crippen LogP contribution in [0.5, 0.6) is 0 Å². The van der Waals surface area contributed by atoms with E-state index >= 15 is 0 Å². The second-order valence-electron chi connectivity index (χ2n) is 1.51. The average Bonchev–Trinajstić information content (AvgIpc) is 2.13. The Kier molecular flexibility index (Phi) is 1.68. The fraction of sp³-hybridized carbons (Fsp3) is 0.333. The number of hydrazine groups is 1. The molecule has 1 unspecified atom stereocenters. The lowest BCUT2D eigenvalue weighted by Gasteiger charge is -1.99. The standard InChI is InChI=1S/C3H4BrN3O2/c4-2-1-5-6-3(2)7(8)9/h1,3,5-6H. The van der Waals surface area contributed by atoms with E-state index in [0.717, 1.165) is 0 Å². The fourth-order valence-corrected chi connectivity index (χ4v) is 0.887. The molecule has 9 heavy (non-hydrogen) atoms. The molecule has 0 amide bonds. The van der Waals surface area contributed by atoms with Gasteiger partial charge in [-0.05, 0) is 15.9 Å². The molecule has 0 aromatic heterocycles. The molecule has 0 bridgehead atoms. The van der Waals surface area contributed by atoms with Gasteiger partial charge in [-0.25, -0.2) is 0 Å². The molecular weight excluding hydrogens is 190 g/mol. The number of hydrogen-bond acceptors (Lipinski definition) is 4. The van der Waals surface area contributed by atoms with Crippen LogP contribution in [0, 0.1) is 10.1 Å². The zero-order valence-corrected chi connectivity index (χ0v) is 5.88. The summed E-state index contributed by atoms with van der Waals surface area (Å²) in [5.74, 6) is 0. The lowest BCUT2D eigenvalue weighted by molar-refractivity contribution is -0.516. The van der Waals surface area contributed by atoms with Gasteiger partial charge in [-0.15, -0.1) is 0 Å². The molecule has 0 aromatic rings. The van der Waals surface area contributed by atoms with Crippen molar-refractivity contribution in [1.82, 2.24) is 10.9 Å². The number of nitro groups is 1. The van der Waals surface area contributed by atoms with E-state index < -0.39 is 11.1 Å². The Morgan fingerprint density at radius 2 is 2.56 bits per heavy atom. The van der Waals surface area contributed by atoms with Crippen molar-refractivity contribution in [1.29, 1.82) is 0 Å². The molecule has 0 radical (unpaired) electrons. The van der Waals surface area contributed by atoms with Gasteiger partial charge in [-0.1, -0.05) is 0 Å². The Hall–Kier alpha value is -0.620. The van der Waals surface area contributed by atoms with E-state index in [1.165, 1.54) is 6.20 Å². The molecule has 0 spiro atoms. The van der Waals surface area contributed by atoms with Crippen molar-refractivity contribution in [2.45, 2.75) is 6.17 Å². The van der Waals surface area contributed by atoms with Crippen LogP contribution < -0.4 is 10.9 Å². The summed E-state index contributed by atoms with van der Waals surface area (Å²) in [6, 6.07) is 0. The lowest BCUT2D eigenvalue weighted by atomic mass is 10.5. The zero-order chi connectivity index (χ0) is 6.85. The third-order valence-corrected chi connectivity index (χ3v) is 1.56. The van der Waals surface area contributed by atoms with Crippen molar-refractivity contribution in [2.24, 2.45) is 0 Å². The van der Waals surface area contributed by atoms with Crippen LogP contribution in [0.4, 0.5) is 0 Å². The summed E-state index contributed by atoms with van der Waals surface area (Å²) in [5, 5.41) is 10.0. The predicted octanol–water partition coefficient (Wildman–Crippen LogP) is -0.0667. The van der Waals surface area contributed by atoms with E-state index in [4.69, 9.17) is 0 Å². The van der Waals surface area contributed by atoms with Crippen LogP contribution in [0.1, 0.15) is 0 Å². The summed E-state index contributed by atoms with van der Waals surface area (Å²) in [7, 11) is 0. The average molecular weight is 194 g/mol. The molecular formula is C3H4BrN3O2. The zero-order valence-electron chi connectivity index (χ0n) is 4.30. The molecule has 1 atom stereocenters. The van der Waals surface area contributed by atoms with Gasteiger partial charge >= 0.3 is 6.17 Å². The summed E-state index contributed by atoms with van der Waals surface area (Å²) in [5.41, 5.74) is 4.92. The quantitative estimate of drug-likeness (QED) is 0.453. The number of hydrogen-bond donors (Lipinski definition) is 2. The molecule has 50 valence electrons. The van der Waals surface area contributed by atoms with Crippen LogP contribution in [0.25, 0.3) is 0 Å². The first kappa shape index (κ1) is 6.50. The molecule has 1 aliphatic heterocycles. The summed E-state index contributed by atoms with van der Waals surface area (Å²) < 4.78 is 0.507. The summed E-state index contributed by atoms with van der Waals surface area (Å²) >= 11 is 3.00. The number of rotatable bonds is 1. The second-order valence-corrected chi connectivity index (χ2v) is 2.42. The molecule has 0 aromatic carbocycles. The van der Waals surface area contributed by atoms with Gasteiger partial charge in [-0.2, -0.15) is 5.43 Å². The van der Waals surface area contributed by atoms with Crippen LogP contribution in [0.2, 0.25) is 0 Å². The monoisotopic (exact) mass is 193 g/mol. The van der Waals surface area contributed by atoms with E-state index in [9.17, 15) is 10.1 Å². The highest BCUT2D eigenvalue weighted by Crippen LogP contribution is 2.12. The molecule has 5 nitrogen and oxygen atoms in total. The highest BCUT2D eigenvalue weighted by molar-refractivity contribution is 9.11. The maximum atomic E-state index is 10.0. The van der Waals surface area contributed by atoms with E-state index in [0.29, 0.717) is 4.48 Å². The Bertz CT molecular complexity index is 168. The Morgan fingerprint density at radius 3 is 2.78 bits per heavy atom. The Labute approximate surface area is 59.4 Å². The first-order chi connectivity index (χ1) is 4.22. The van der Waals surface area contributed by atoms with E-state index in [1.807, 2.05) is 0 Å². The number of halogens is 1. The molecule has 6 heteroatoms. The molecule has 1 heterocycles. The van der Waals surface area contributed by atoms with E-state index in [-0.39, 0.29) is 0 Å². The Morgan fingerprint density at radius 1 is 1.89 bits per heavy atom. The maximum Gasteiger partial charge on any atom is 0.315 e. The highest BCUT2D eigenvalue weighted by atomic mass is 79.9. The largest absolute Gasteiger partial charge is 0.322 e. The van der Waals surface area contributed by atoms with Crippen LogP contribution in [0.15, 0.2) is 10.7 Å².